The molecule has 3 N–H and O–H groups in total. The Balaban J connectivity index is 0.00000220. The molecule has 1 amide bonds. The molecule has 0 bridgehead atoms. The number of aryl methyl sites for hydroxylation is 2. The van der Waals surface area contributed by atoms with E-state index < -0.39 is 0 Å². The van der Waals surface area contributed by atoms with E-state index in [1.54, 1.807) is 0 Å². The van der Waals surface area contributed by atoms with E-state index in [2.05, 4.69) is 15.7 Å². The van der Waals surface area contributed by atoms with E-state index in [0.29, 0.717) is 19.5 Å². The van der Waals surface area contributed by atoms with Crippen molar-refractivity contribution >= 4 is 30.7 Å². The van der Waals surface area contributed by atoms with E-state index >= 15 is 0 Å². The van der Waals surface area contributed by atoms with E-state index in [9.17, 15) is 9.90 Å². The van der Waals surface area contributed by atoms with Crippen LogP contribution in [0.5, 0.6) is 0 Å². The molecular weight excluding hydrogens is 327 g/mol. The van der Waals surface area contributed by atoms with Crippen LogP contribution in [-0.4, -0.2) is 46.5 Å². The van der Waals surface area contributed by atoms with Crippen LogP contribution >= 0.6 is 24.8 Å². The molecule has 128 valence electrons. The van der Waals surface area contributed by atoms with E-state index in [1.165, 1.54) is 0 Å². The summed E-state index contributed by atoms with van der Waals surface area (Å²) in [6.07, 6.45) is 0.0433. The zero-order chi connectivity index (χ0) is 14.7. The van der Waals surface area contributed by atoms with Gasteiger partial charge in [-0.25, -0.2) is 0 Å². The molecule has 0 aliphatic carbocycles. The van der Waals surface area contributed by atoms with Gasteiger partial charge in [-0.05, 0) is 26.8 Å². The van der Waals surface area contributed by atoms with Crippen LogP contribution in [0.25, 0.3) is 0 Å². The summed E-state index contributed by atoms with van der Waals surface area (Å²) in [6, 6.07) is 2.05. The SMILES string of the molecule is Cc1cc(C)n(C(C)CC(=O)NCC2CNCC2O)n1.Cl.Cl. The van der Waals surface area contributed by atoms with Gasteiger partial charge in [-0.15, -0.1) is 24.8 Å². The lowest BCUT2D eigenvalue weighted by atomic mass is 10.1. The van der Waals surface area contributed by atoms with Crippen LogP contribution in [0, 0.1) is 19.8 Å². The maximum absolute atomic E-state index is 12.0. The number of aliphatic hydroxyl groups excluding tert-OH is 1. The van der Waals surface area contributed by atoms with Gasteiger partial charge in [-0.1, -0.05) is 0 Å². The number of hydrogen-bond acceptors (Lipinski definition) is 4. The molecule has 0 saturated carbocycles. The second kappa shape index (κ2) is 9.35. The molecule has 0 aromatic carbocycles. The first-order chi connectivity index (χ1) is 9.47. The molecule has 0 spiro atoms. The molecule has 0 radical (unpaired) electrons. The van der Waals surface area contributed by atoms with Gasteiger partial charge in [0.05, 0.1) is 17.8 Å². The largest absolute Gasteiger partial charge is 0.391 e. The van der Waals surface area contributed by atoms with Gasteiger partial charge in [-0.3, -0.25) is 9.48 Å². The van der Waals surface area contributed by atoms with Crippen LogP contribution in [0.3, 0.4) is 0 Å². The van der Waals surface area contributed by atoms with Gasteiger partial charge in [0.15, 0.2) is 0 Å². The van der Waals surface area contributed by atoms with Gasteiger partial charge in [-0.2, -0.15) is 5.10 Å². The fourth-order valence-corrected chi connectivity index (χ4v) is 2.69. The van der Waals surface area contributed by atoms with Crippen molar-refractivity contribution in [3.05, 3.63) is 17.5 Å². The molecular formula is C14H26Cl2N4O2. The molecule has 1 aliphatic rings. The lowest BCUT2D eigenvalue weighted by Gasteiger charge is -2.17. The molecule has 1 aromatic heterocycles. The highest BCUT2D eigenvalue weighted by molar-refractivity contribution is 5.85. The number of β-amino-alcohol motifs (C(OH)–C–C–N with tert-alkyl or cyclic N) is 1. The van der Waals surface area contributed by atoms with Crippen molar-refractivity contribution in [3.8, 4) is 0 Å². The fourth-order valence-electron chi connectivity index (χ4n) is 2.69. The van der Waals surface area contributed by atoms with Crippen LogP contribution in [0.4, 0.5) is 0 Å². The Hall–Kier alpha value is -0.820. The summed E-state index contributed by atoms with van der Waals surface area (Å²) < 4.78 is 1.89. The molecule has 2 heterocycles. The van der Waals surface area contributed by atoms with E-state index in [1.807, 2.05) is 31.5 Å². The van der Waals surface area contributed by atoms with Crippen LogP contribution in [0.2, 0.25) is 0 Å². The molecule has 1 saturated heterocycles. The third-order valence-electron chi connectivity index (χ3n) is 3.81. The monoisotopic (exact) mass is 352 g/mol. The van der Waals surface area contributed by atoms with E-state index in [4.69, 9.17) is 0 Å². The molecule has 3 unspecified atom stereocenters. The van der Waals surface area contributed by atoms with E-state index in [0.717, 1.165) is 17.9 Å². The average molecular weight is 353 g/mol. The highest BCUT2D eigenvalue weighted by atomic mass is 35.5. The second-order valence-corrected chi connectivity index (χ2v) is 5.71. The summed E-state index contributed by atoms with van der Waals surface area (Å²) in [4.78, 5) is 12.0. The molecule has 1 aromatic rings. The number of nitrogens with zero attached hydrogens (tertiary/aromatic N) is 2. The molecule has 1 aliphatic heterocycles. The molecule has 3 atom stereocenters. The summed E-state index contributed by atoms with van der Waals surface area (Å²) in [6.45, 7) is 7.83. The van der Waals surface area contributed by atoms with Crippen LogP contribution in [0.1, 0.15) is 30.8 Å². The van der Waals surface area contributed by atoms with Crippen molar-refractivity contribution in [2.75, 3.05) is 19.6 Å². The Morgan fingerprint density at radius 3 is 2.68 bits per heavy atom. The minimum Gasteiger partial charge on any atom is -0.391 e. The molecule has 1 fully saturated rings. The minimum absolute atomic E-state index is 0. The Kier molecular flexibility index (Phi) is 9.00. The third-order valence-corrected chi connectivity index (χ3v) is 3.81. The van der Waals surface area contributed by atoms with Crippen LogP contribution < -0.4 is 10.6 Å². The van der Waals surface area contributed by atoms with Gasteiger partial charge in [0.1, 0.15) is 0 Å². The number of aromatic nitrogens is 2. The van der Waals surface area contributed by atoms with Crippen molar-refractivity contribution in [2.24, 2.45) is 5.92 Å². The Labute approximate surface area is 143 Å². The standard InChI is InChI=1S/C14H24N4O2.2ClH/c1-9-4-10(2)18(17-9)11(3)5-14(20)16-7-12-6-15-8-13(12)19;;/h4,11-13,15,19H,5-8H2,1-3H3,(H,16,20);2*1H. The number of aliphatic hydroxyl groups is 1. The van der Waals surface area contributed by atoms with Gasteiger partial charge in [0.2, 0.25) is 5.91 Å². The number of rotatable bonds is 5. The second-order valence-electron chi connectivity index (χ2n) is 5.71. The summed E-state index contributed by atoms with van der Waals surface area (Å²) in [5, 5.41) is 20.1. The Bertz CT molecular complexity index is 481. The van der Waals surface area contributed by atoms with Gasteiger partial charge < -0.3 is 15.7 Å². The first-order valence-electron chi connectivity index (χ1n) is 7.15. The first-order valence-corrected chi connectivity index (χ1v) is 7.15. The zero-order valence-electron chi connectivity index (χ0n) is 13.2. The average Bonchev–Trinajstić information content (AvgIpc) is 2.92. The third kappa shape index (κ3) is 5.43. The maximum Gasteiger partial charge on any atom is 0.222 e. The topological polar surface area (TPSA) is 79.2 Å². The summed E-state index contributed by atoms with van der Waals surface area (Å²) >= 11 is 0. The van der Waals surface area contributed by atoms with Gasteiger partial charge >= 0.3 is 0 Å². The highest BCUT2D eigenvalue weighted by Crippen LogP contribution is 2.14. The van der Waals surface area contributed by atoms with Gasteiger partial charge in [0, 0.05) is 37.7 Å². The van der Waals surface area contributed by atoms with Crippen molar-refractivity contribution < 1.29 is 9.90 Å². The Morgan fingerprint density at radius 2 is 2.18 bits per heavy atom. The molecule has 22 heavy (non-hydrogen) atoms. The predicted molar refractivity (Wildman–Crippen MR) is 90.9 cm³/mol. The number of carbonyl (C=O) groups excluding carboxylic acids is 1. The normalized spacial score (nSPS) is 21.6. The van der Waals surface area contributed by atoms with Gasteiger partial charge in [0.25, 0.3) is 0 Å². The lowest BCUT2D eigenvalue weighted by Crippen LogP contribution is -2.35. The zero-order valence-corrected chi connectivity index (χ0v) is 14.8. The van der Waals surface area contributed by atoms with Crippen molar-refractivity contribution in [1.29, 1.82) is 0 Å². The van der Waals surface area contributed by atoms with Crippen molar-refractivity contribution in [2.45, 2.75) is 39.3 Å². The minimum atomic E-state index is -0.358. The first kappa shape index (κ1) is 21.2. The van der Waals surface area contributed by atoms with Crippen molar-refractivity contribution in [1.82, 2.24) is 20.4 Å². The molecule has 6 nitrogen and oxygen atoms in total. The molecule has 8 heteroatoms. The lowest BCUT2D eigenvalue weighted by molar-refractivity contribution is -0.122. The van der Waals surface area contributed by atoms with E-state index in [-0.39, 0.29) is 48.8 Å². The molecule has 2 rings (SSSR count). The fraction of sp³-hybridized carbons (Fsp3) is 0.714. The number of carbonyl (C=O) groups is 1. The quantitative estimate of drug-likeness (QED) is 0.738. The predicted octanol–water partition coefficient (Wildman–Crippen LogP) is 0.991. The maximum atomic E-state index is 12.0. The van der Waals surface area contributed by atoms with Crippen LogP contribution in [0.15, 0.2) is 6.07 Å². The van der Waals surface area contributed by atoms with Crippen LogP contribution in [-0.2, 0) is 4.79 Å². The number of amides is 1. The summed E-state index contributed by atoms with van der Waals surface area (Å²) in [5.41, 5.74) is 2.04. The van der Waals surface area contributed by atoms with Crippen molar-refractivity contribution in [3.63, 3.8) is 0 Å². The highest BCUT2D eigenvalue weighted by Gasteiger charge is 2.25. The Morgan fingerprint density at radius 1 is 1.50 bits per heavy atom. The summed E-state index contributed by atoms with van der Waals surface area (Å²) in [7, 11) is 0. The smallest absolute Gasteiger partial charge is 0.222 e. The number of hydrogen-bond donors (Lipinski definition) is 3. The number of halogens is 2. The summed E-state index contributed by atoms with van der Waals surface area (Å²) in [5.74, 6) is 0.118. The number of nitrogens with one attached hydrogen (secondary N) is 2.